The first-order chi connectivity index (χ1) is 9.15. The molecule has 1 aromatic rings. The summed E-state index contributed by atoms with van der Waals surface area (Å²) in [6.07, 6.45) is 0.596. The Bertz CT molecular complexity index is 461. The molecule has 5 heteroatoms. The molecule has 102 valence electrons. The van der Waals surface area contributed by atoms with Crippen molar-refractivity contribution in [1.82, 2.24) is 10.2 Å². The minimum Gasteiger partial charge on any atom is -0.353 e. The molecule has 0 spiro atoms. The van der Waals surface area contributed by atoms with E-state index in [9.17, 15) is 9.59 Å². The second kappa shape index (κ2) is 5.84. The quantitative estimate of drug-likeness (QED) is 0.828. The number of hydrogen-bond donors (Lipinski definition) is 2. The van der Waals surface area contributed by atoms with Gasteiger partial charge in [-0.2, -0.15) is 0 Å². The van der Waals surface area contributed by atoms with Gasteiger partial charge in [0.25, 0.3) is 0 Å². The first kappa shape index (κ1) is 13.5. The molecule has 5 nitrogen and oxygen atoms in total. The lowest BCUT2D eigenvalue weighted by molar-refractivity contribution is -0.144. The normalized spacial score (nSPS) is 20.8. The lowest BCUT2D eigenvalue weighted by Crippen LogP contribution is -2.58. The zero-order chi connectivity index (χ0) is 13.8. The van der Waals surface area contributed by atoms with Crippen LogP contribution in [0.4, 0.5) is 0 Å². The molecule has 2 atom stereocenters. The van der Waals surface area contributed by atoms with Gasteiger partial charge in [-0.25, -0.2) is 0 Å². The van der Waals surface area contributed by atoms with Gasteiger partial charge < -0.3 is 16.0 Å². The van der Waals surface area contributed by atoms with E-state index in [1.807, 2.05) is 37.3 Å². The second-order valence-corrected chi connectivity index (χ2v) is 4.64. The van der Waals surface area contributed by atoms with E-state index in [4.69, 9.17) is 5.73 Å². The van der Waals surface area contributed by atoms with Gasteiger partial charge in [0, 0.05) is 13.1 Å². The summed E-state index contributed by atoms with van der Waals surface area (Å²) in [5.74, 6) is -0.282. The molecule has 2 amide bonds. The van der Waals surface area contributed by atoms with Crippen molar-refractivity contribution in [3.05, 3.63) is 35.9 Å². The van der Waals surface area contributed by atoms with Gasteiger partial charge in [0.15, 0.2) is 0 Å². The van der Waals surface area contributed by atoms with Crippen LogP contribution in [-0.2, 0) is 9.59 Å². The Morgan fingerprint density at radius 2 is 2.16 bits per heavy atom. The molecule has 1 heterocycles. The van der Waals surface area contributed by atoms with E-state index >= 15 is 0 Å². The average Bonchev–Trinajstić information content (AvgIpc) is 2.46. The Kier molecular flexibility index (Phi) is 4.16. The third-order valence-electron chi connectivity index (χ3n) is 3.43. The van der Waals surface area contributed by atoms with E-state index in [1.54, 1.807) is 4.90 Å². The Morgan fingerprint density at radius 3 is 2.79 bits per heavy atom. The van der Waals surface area contributed by atoms with E-state index < -0.39 is 12.1 Å². The molecule has 1 saturated heterocycles. The number of amides is 2. The highest BCUT2D eigenvalue weighted by molar-refractivity contribution is 5.91. The van der Waals surface area contributed by atoms with Crippen LogP contribution in [-0.4, -0.2) is 35.8 Å². The van der Waals surface area contributed by atoms with Crippen LogP contribution < -0.4 is 11.1 Å². The number of carbonyl (C=O) groups is 2. The van der Waals surface area contributed by atoms with Crippen LogP contribution in [0.1, 0.15) is 24.9 Å². The lowest BCUT2D eigenvalue weighted by Gasteiger charge is -2.36. The maximum atomic E-state index is 12.4. The number of hydrogen-bond acceptors (Lipinski definition) is 3. The number of benzene rings is 1. The number of nitrogens with zero attached hydrogens (tertiary/aromatic N) is 1. The molecule has 1 aromatic carbocycles. The van der Waals surface area contributed by atoms with Gasteiger partial charge in [-0.15, -0.1) is 0 Å². The number of rotatable bonds is 3. The standard InChI is InChI=1S/C14H19N3O2/c1-2-11-13(18)16-8-9-17(11)14(19)12(15)10-6-4-3-5-7-10/h3-7,11-12H,2,8-9,15H2,1H3,(H,16,18)/t11?,12-/m0/s1. The Morgan fingerprint density at radius 1 is 1.47 bits per heavy atom. The first-order valence-electron chi connectivity index (χ1n) is 6.54. The monoisotopic (exact) mass is 261 g/mol. The number of nitrogens with one attached hydrogen (secondary N) is 1. The summed E-state index contributed by atoms with van der Waals surface area (Å²) in [7, 11) is 0. The van der Waals surface area contributed by atoms with Gasteiger partial charge >= 0.3 is 0 Å². The molecule has 1 aliphatic rings. The minimum absolute atomic E-state index is 0.0950. The minimum atomic E-state index is -0.707. The maximum absolute atomic E-state index is 12.4. The predicted octanol–water partition coefficient (Wildman–Crippen LogP) is 0.423. The van der Waals surface area contributed by atoms with Crippen molar-refractivity contribution < 1.29 is 9.59 Å². The molecule has 0 aromatic heterocycles. The third-order valence-corrected chi connectivity index (χ3v) is 3.43. The topological polar surface area (TPSA) is 75.4 Å². The molecular formula is C14H19N3O2. The van der Waals surface area contributed by atoms with E-state index in [-0.39, 0.29) is 11.8 Å². The highest BCUT2D eigenvalue weighted by atomic mass is 16.2. The molecule has 19 heavy (non-hydrogen) atoms. The van der Waals surface area contributed by atoms with Crippen LogP contribution in [0.3, 0.4) is 0 Å². The van der Waals surface area contributed by atoms with E-state index in [0.717, 1.165) is 5.56 Å². The van der Waals surface area contributed by atoms with Crippen LogP contribution >= 0.6 is 0 Å². The molecule has 1 fully saturated rings. The Balaban J connectivity index is 2.16. The van der Waals surface area contributed by atoms with Gasteiger partial charge in [-0.3, -0.25) is 9.59 Å². The highest BCUT2D eigenvalue weighted by Gasteiger charge is 2.34. The molecule has 1 aliphatic heterocycles. The summed E-state index contributed by atoms with van der Waals surface area (Å²) in [5.41, 5.74) is 6.78. The zero-order valence-electron chi connectivity index (χ0n) is 11.0. The highest BCUT2D eigenvalue weighted by Crippen LogP contribution is 2.17. The lowest BCUT2D eigenvalue weighted by atomic mass is 10.0. The van der Waals surface area contributed by atoms with Gasteiger partial charge in [0.2, 0.25) is 11.8 Å². The molecule has 1 unspecified atom stereocenters. The molecule has 0 saturated carbocycles. The molecule has 3 N–H and O–H groups in total. The van der Waals surface area contributed by atoms with Gasteiger partial charge in [-0.1, -0.05) is 37.3 Å². The maximum Gasteiger partial charge on any atom is 0.244 e. The predicted molar refractivity (Wildman–Crippen MR) is 72.2 cm³/mol. The van der Waals surface area contributed by atoms with Crippen molar-refractivity contribution in [2.24, 2.45) is 5.73 Å². The van der Waals surface area contributed by atoms with Crippen molar-refractivity contribution >= 4 is 11.8 Å². The SMILES string of the molecule is CCC1C(=O)NCCN1C(=O)[C@@H](N)c1ccccc1. The summed E-state index contributed by atoms with van der Waals surface area (Å²) in [6.45, 7) is 2.90. The van der Waals surface area contributed by atoms with Crippen LogP contribution in [0.5, 0.6) is 0 Å². The molecule has 0 bridgehead atoms. The van der Waals surface area contributed by atoms with Gasteiger partial charge in [0.1, 0.15) is 12.1 Å². The van der Waals surface area contributed by atoms with Gasteiger partial charge in [-0.05, 0) is 12.0 Å². The number of carbonyl (C=O) groups excluding carboxylic acids is 2. The van der Waals surface area contributed by atoms with E-state index in [2.05, 4.69) is 5.32 Å². The van der Waals surface area contributed by atoms with Gasteiger partial charge in [0.05, 0.1) is 0 Å². The Labute approximate surface area is 112 Å². The second-order valence-electron chi connectivity index (χ2n) is 4.64. The molecular weight excluding hydrogens is 242 g/mol. The first-order valence-corrected chi connectivity index (χ1v) is 6.54. The van der Waals surface area contributed by atoms with E-state index in [1.165, 1.54) is 0 Å². The number of piperazine rings is 1. The van der Waals surface area contributed by atoms with Crippen LogP contribution in [0.15, 0.2) is 30.3 Å². The third kappa shape index (κ3) is 2.76. The molecule has 0 radical (unpaired) electrons. The summed E-state index contributed by atoms with van der Waals surface area (Å²) in [5, 5.41) is 2.77. The summed E-state index contributed by atoms with van der Waals surface area (Å²) in [4.78, 5) is 25.8. The largest absolute Gasteiger partial charge is 0.353 e. The van der Waals surface area contributed by atoms with E-state index in [0.29, 0.717) is 19.5 Å². The fraction of sp³-hybridized carbons (Fsp3) is 0.429. The van der Waals surface area contributed by atoms with Crippen molar-refractivity contribution in [2.45, 2.75) is 25.4 Å². The van der Waals surface area contributed by atoms with Crippen LogP contribution in [0, 0.1) is 0 Å². The summed E-state index contributed by atoms with van der Waals surface area (Å²) < 4.78 is 0. The molecule has 2 rings (SSSR count). The van der Waals surface area contributed by atoms with Crippen LogP contribution in [0.2, 0.25) is 0 Å². The Hall–Kier alpha value is -1.88. The average molecular weight is 261 g/mol. The summed E-state index contributed by atoms with van der Waals surface area (Å²) in [6, 6.07) is 8.12. The van der Waals surface area contributed by atoms with Crippen molar-refractivity contribution in [3.8, 4) is 0 Å². The number of nitrogens with two attached hydrogens (primary N) is 1. The summed E-state index contributed by atoms with van der Waals surface area (Å²) >= 11 is 0. The molecule has 0 aliphatic carbocycles. The van der Waals surface area contributed by atoms with Crippen molar-refractivity contribution in [1.29, 1.82) is 0 Å². The fourth-order valence-corrected chi connectivity index (χ4v) is 2.37. The van der Waals surface area contributed by atoms with Crippen molar-refractivity contribution in [2.75, 3.05) is 13.1 Å². The van der Waals surface area contributed by atoms with Crippen LogP contribution in [0.25, 0.3) is 0 Å². The zero-order valence-corrected chi connectivity index (χ0v) is 11.0. The van der Waals surface area contributed by atoms with Crippen molar-refractivity contribution in [3.63, 3.8) is 0 Å². The fourth-order valence-electron chi connectivity index (χ4n) is 2.37. The smallest absolute Gasteiger partial charge is 0.244 e.